The van der Waals surface area contributed by atoms with Gasteiger partial charge in [0, 0.05) is 0 Å². The number of nitrogens with zero attached hydrogens (tertiary/aromatic N) is 1. The highest BCUT2D eigenvalue weighted by Crippen LogP contribution is 2.45. The molecule has 0 saturated heterocycles. The van der Waals surface area contributed by atoms with Crippen LogP contribution < -0.4 is 5.73 Å². The summed E-state index contributed by atoms with van der Waals surface area (Å²) in [6.07, 6.45) is 1.25. The Hall–Kier alpha value is -1.62. The molecule has 0 radical (unpaired) electrons. The Morgan fingerprint density at radius 2 is 2.00 bits per heavy atom. The van der Waals surface area contributed by atoms with E-state index in [0.717, 1.165) is 5.56 Å². The van der Waals surface area contributed by atoms with Crippen molar-refractivity contribution in [2.24, 2.45) is 5.73 Å². The number of rotatable bonds is 2. The second-order valence-corrected chi connectivity index (χ2v) is 4.81. The third-order valence-corrected chi connectivity index (χ3v) is 3.49. The van der Waals surface area contributed by atoms with Crippen LogP contribution in [0.1, 0.15) is 25.3 Å². The maximum atomic E-state index is 12.8. The fourth-order valence-electron chi connectivity index (χ4n) is 2.42. The second-order valence-electron chi connectivity index (χ2n) is 4.81. The highest BCUT2D eigenvalue weighted by atomic mass is 19.1. The molecule has 1 fully saturated rings. The Morgan fingerprint density at radius 1 is 1.47 bits per heavy atom. The van der Waals surface area contributed by atoms with Crippen molar-refractivity contribution in [1.29, 1.82) is 0 Å². The van der Waals surface area contributed by atoms with Crippen LogP contribution in [-0.2, 0) is 5.41 Å². The number of carbonyl (C=O) groups is 1. The van der Waals surface area contributed by atoms with Crippen LogP contribution >= 0.6 is 0 Å². The largest absolute Gasteiger partial charge is 0.350 e. The van der Waals surface area contributed by atoms with Crippen molar-refractivity contribution in [1.82, 2.24) is 5.06 Å². The fourth-order valence-corrected chi connectivity index (χ4v) is 2.42. The number of hydroxylamine groups is 2. The van der Waals surface area contributed by atoms with Gasteiger partial charge in [-0.3, -0.25) is 5.21 Å². The van der Waals surface area contributed by atoms with Crippen molar-refractivity contribution >= 4 is 6.03 Å². The minimum Gasteiger partial charge on any atom is -0.350 e. The molecular weight excluding hydrogens is 223 g/mol. The molecule has 0 heterocycles. The molecule has 1 aliphatic carbocycles. The minimum absolute atomic E-state index is 0.130. The minimum atomic E-state index is -0.837. The van der Waals surface area contributed by atoms with E-state index in [9.17, 15) is 14.4 Å². The molecule has 1 aromatic carbocycles. The summed E-state index contributed by atoms with van der Waals surface area (Å²) >= 11 is 0. The molecule has 3 N–H and O–H groups in total. The van der Waals surface area contributed by atoms with E-state index in [1.165, 1.54) is 12.1 Å². The molecule has 1 aliphatic rings. The van der Waals surface area contributed by atoms with E-state index < -0.39 is 6.03 Å². The summed E-state index contributed by atoms with van der Waals surface area (Å²) in [5.74, 6) is -0.269. The van der Waals surface area contributed by atoms with Crippen LogP contribution in [0.3, 0.4) is 0 Å². The van der Waals surface area contributed by atoms with Crippen molar-refractivity contribution < 1.29 is 14.4 Å². The Balaban J connectivity index is 2.05. The van der Waals surface area contributed by atoms with E-state index in [2.05, 4.69) is 0 Å². The first-order valence-electron chi connectivity index (χ1n) is 5.46. The van der Waals surface area contributed by atoms with E-state index in [-0.39, 0.29) is 17.3 Å². The van der Waals surface area contributed by atoms with Crippen LogP contribution in [0.4, 0.5) is 9.18 Å². The lowest BCUT2D eigenvalue weighted by Gasteiger charge is -2.47. The molecule has 4 nitrogen and oxygen atoms in total. The van der Waals surface area contributed by atoms with Crippen LogP contribution in [0, 0.1) is 5.82 Å². The normalized spacial score (nSPS) is 27.4. The smallest absolute Gasteiger partial charge is 0.338 e. The zero-order valence-corrected chi connectivity index (χ0v) is 9.56. The van der Waals surface area contributed by atoms with Crippen molar-refractivity contribution in [3.8, 4) is 0 Å². The van der Waals surface area contributed by atoms with Gasteiger partial charge in [0.15, 0.2) is 0 Å². The summed E-state index contributed by atoms with van der Waals surface area (Å²) < 4.78 is 12.8. The molecule has 5 heteroatoms. The number of hydrogen-bond acceptors (Lipinski definition) is 2. The van der Waals surface area contributed by atoms with E-state index in [1.807, 2.05) is 6.92 Å². The number of urea groups is 1. The Labute approximate surface area is 98.8 Å². The lowest BCUT2D eigenvalue weighted by atomic mass is 9.63. The number of nitrogens with two attached hydrogens (primary N) is 1. The standard InChI is InChI=1S/C12H15FN2O2/c1-12(8-2-4-9(13)5-3-8)6-10(7-12)15(17)11(14)16/h2-5,10,17H,6-7H2,1H3,(H2,14,16). The average Bonchev–Trinajstić information content (AvgIpc) is 2.24. The zero-order chi connectivity index (χ0) is 12.6. The van der Waals surface area contributed by atoms with Gasteiger partial charge in [-0.1, -0.05) is 19.1 Å². The highest BCUT2D eigenvalue weighted by Gasteiger charge is 2.45. The molecule has 0 atom stereocenters. The Morgan fingerprint density at radius 3 is 2.47 bits per heavy atom. The third kappa shape index (κ3) is 2.10. The van der Waals surface area contributed by atoms with Gasteiger partial charge in [-0.15, -0.1) is 0 Å². The van der Waals surface area contributed by atoms with Gasteiger partial charge in [0.25, 0.3) is 0 Å². The molecule has 0 bridgehead atoms. The maximum Gasteiger partial charge on any atom is 0.338 e. The fraction of sp³-hybridized carbons (Fsp3) is 0.417. The van der Waals surface area contributed by atoms with Crippen LogP contribution in [0.25, 0.3) is 0 Å². The molecule has 1 aromatic rings. The zero-order valence-electron chi connectivity index (χ0n) is 9.56. The van der Waals surface area contributed by atoms with Gasteiger partial charge in [0.2, 0.25) is 0 Å². The SMILES string of the molecule is CC1(c2ccc(F)cc2)CC(N(O)C(N)=O)C1. The first kappa shape index (κ1) is 11.9. The van der Waals surface area contributed by atoms with Crippen molar-refractivity contribution in [2.45, 2.75) is 31.2 Å². The lowest BCUT2D eigenvalue weighted by Crippen LogP contribution is -2.54. The van der Waals surface area contributed by atoms with Crippen molar-refractivity contribution in [2.75, 3.05) is 0 Å². The maximum absolute atomic E-state index is 12.8. The molecule has 0 aliphatic heterocycles. The summed E-state index contributed by atoms with van der Waals surface area (Å²) in [5.41, 5.74) is 5.86. The topological polar surface area (TPSA) is 66.6 Å². The first-order valence-corrected chi connectivity index (χ1v) is 5.46. The number of hydrogen-bond donors (Lipinski definition) is 2. The van der Waals surface area contributed by atoms with E-state index in [1.54, 1.807) is 12.1 Å². The van der Waals surface area contributed by atoms with Crippen LogP contribution in [0.5, 0.6) is 0 Å². The molecule has 2 rings (SSSR count). The van der Waals surface area contributed by atoms with E-state index in [0.29, 0.717) is 17.9 Å². The first-order chi connectivity index (χ1) is 7.92. The van der Waals surface area contributed by atoms with Gasteiger partial charge in [-0.05, 0) is 36.0 Å². The van der Waals surface area contributed by atoms with Crippen LogP contribution in [0.2, 0.25) is 0 Å². The Bertz CT molecular complexity index is 427. The third-order valence-electron chi connectivity index (χ3n) is 3.49. The monoisotopic (exact) mass is 238 g/mol. The number of carbonyl (C=O) groups excluding carboxylic acids is 1. The molecule has 1 saturated carbocycles. The molecule has 17 heavy (non-hydrogen) atoms. The van der Waals surface area contributed by atoms with Gasteiger partial charge < -0.3 is 5.73 Å². The molecule has 92 valence electrons. The van der Waals surface area contributed by atoms with Crippen LogP contribution in [-0.4, -0.2) is 22.3 Å². The average molecular weight is 238 g/mol. The predicted molar refractivity (Wildman–Crippen MR) is 60.0 cm³/mol. The summed E-state index contributed by atoms with van der Waals surface area (Å²) in [6.45, 7) is 2.02. The van der Waals surface area contributed by atoms with E-state index in [4.69, 9.17) is 5.73 Å². The van der Waals surface area contributed by atoms with E-state index >= 15 is 0 Å². The highest BCUT2D eigenvalue weighted by molar-refractivity contribution is 5.71. The van der Waals surface area contributed by atoms with Crippen molar-refractivity contribution in [3.63, 3.8) is 0 Å². The van der Waals surface area contributed by atoms with Crippen LogP contribution in [0.15, 0.2) is 24.3 Å². The number of amides is 2. The quantitative estimate of drug-likeness (QED) is 0.611. The Kier molecular flexibility index (Phi) is 2.79. The van der Waals surface area contributed by atoms with Crippen molar-refractivity contribution in [3.05, 3.63) is 35.6 Å². The van der Waals surface area contributed by atoms with Gasteiger partial charge in [0.1, 0.15) is 5.82 Å². The second kappa shape index (κ2) is 4.00. The summed E-state index contributed by atoms with van der Waals surface area (Å²) in [4.78, 5) is 10.8. The number of primary amides is 1. The van der Waals surface area contributed by atoms with Gasteiger partial charge in [-0.25, -0.2) is 14.2 Å². The molecule has 0 aromatic heterocycles. The predicted octanol–water partition coefficient (Wildman–Crippen LogP) is 2.02. The number of benzene rings is 1. The lowest BCUT2D eigenvalue weighted by molar-refractivity contribution is -0.115. The summed E-state index contributed by atoms with van der Waals surface area (Å²) in [6, 6.07) is 5.21. The van der Waals surface area contributed by atoms with Gasteiger partial charge >= 0.3 is 6.03 Å². The molecule has 0 spiro atoms. The number of halogens is 1. The van der Waals surface area contributed by atoms with Gasteiger partial charge in [0.05, 0.1) is 6.04 Å². The summed E-state index contributed by atoms with van der Waals surface area (Å²) in [5, 5.41) is 9.94. The molecule has 2 amide bonds. The molecule has 0 unspecified atom stereocenters. The summed E-state index contributed by atoms with van der Waals surface area (Å²) in [7, 11) is 0. The molecular formula is C12H15FN2O2. The van der Waals surface area contributed by atoms with Gasteiger partial charge in [-0.2, -0.15) is 0 Å².